The van der Waals surface area contributed by atoms with Gasteiger partial charge in [-0.3, -0.25) is 4.79 Å². The Morgan fingerprint density at radius 1 is 1.28 bits per heavy atom. The Morgan fingerprint density at radius 3 is 2.69 bits per heavy atom. The molecule has 2 aliphatic rings. The summed E-state index contributed by atoms with van der Waals surface area (Å²) in [6, 6.07) is 7.72. The minimum absolute atomic E-state index is 0.0261. The van der Waals surface area contributed by atoms with E-state index in [0.29, 0.717) is 23.3 Å². The lowest BCUT2D eigenvalue weighted by molar-refractivity contribution is 0.0789. The minimum Gasteiger partial charge on any atom is -0.370 e. The van der Waals surface area contributed by atoms with Crippen LogP contribution in [0.4, 0.5) is 16.0 Å². The molecular formula is C23H30FN7O. The van der Waals surface area contributed by atoms with Crippen LogP contribution in [0.5, 0.6) is 0 Å². The molecule has 1 saturated heterocycles. The number of nitrogens with zero attached hydrogens (tertiary/aromatic N) is 4. The van der Waals surface area contributed by atoms with Crippen LogP contribution >= 0.6 is 0 Å². The molecule has 4 rings (SSSR count). The van der Waals surface area contributed by atoms with Gasteiger partial charge in [0, 0.05) is 42.6 Å². The van der Waals surface area contributed by atoms with E-state index >= 15 is 0 Å². The molecule has 2 aliphatic heterocycles. The predicted octanol–water partition coefficient (Wildman–Crippen LogP) is 2.75. The second-order valence-electron chi connectivity index (χ2n) is 8.49. The molecule has 3 N–H and O–H groups in total. The van der Waals surface area contributed by atoms with Crippen molar-refractivity contribution < 1.29 is 9.18 Å². The lowest BCUT2D eigenvalue weighted by Crippen LogP contribution is -2.38. The summed E-state index contributed by atoms with van der Waals surface area (Å²) in [5.41, 5.74) is 2.30. The van der Waals surface area contributed by atoms with Gasteiger partial charge in [-0.1, -0.05) is 0 Å². The number of amides is 1. The molecule has 9 heteroatoms. The third-order valence-electron chi connectivity index (χ3n) is 5.97. The molecule has 2 atom stereocenters. The summed E-state index contributed by atoms with van der Waals surface area (Å²) >= 11 is 0. The van der Waals surface area contributed by atoms with Gasteiger partial charge in [0.15, 0.2) is 5.82 Å². The maximum absolute atomic E-state index is 14.6. The number of likely N-dealkylation sites (tertiary alicyclic amines) is 1. The van der Waals surface area contributed by atoms with Crippen molar-refractivity contribution in [2.24, 2.45) is 0 Å². The molecule has 1 unspecified atom stereocenters. The van der Waals surface area contributed by atoms with Gasteiger partial charge in [0.2, 0.25) is 5.95 Å². The number of carbonyl (C=O) groups is 1. The van der Waals surface area contributed by atoms with Crippen LogP contribution < -0.4 is 16.0 Å². The van der Waals surface area contributed by atoms with E-state index in [2.05, 4.69) is 44.7 Å². The summed E-state index contributed by atoms with van der Waals surface area (Å²) in [6.07, 6.45) is 3.98. The summed E-state index contributed by atoms with van der Waals surface area (Å²) in [5.74, 6) is -0.158. The van der Waals surface area contributed by atoms with Crippen molar-refractivity contribution in [2.45, 2.75) is 45.4 Å². The lowest BCUT2D eigenvalue weighted by atomic mass is 10.2. The maximum Gasteiger partial charge on any atom is 0.253 e. The second kappa shape index (κ2) is 9.12. The number of benzene rings is 1. The number of aromatic nitrogens is 2. The van der Waals surface area contributed by atoms with Crippen molar-refractivity contribution in [3.05, 3.63) is 53.7 Å². The quantitative estimate of drug-likeness (QED) is 0.638. The number of halogens is 1. The standard InChI is InChI=1S/C23H30FN7O/c1-14(2)31-15(3)26-12-20(31)21-19(24)11-27-23(29-21)28-17-7-5-16(6-8-17)22(32)30-10-9-18(13-30)25-4/h5-8,11-12,14-15,18,25-26H,9-10,13H2,1-4H3,(H,27,28,29)/t15?,18-/m0/s1. The Labute approximate surface area is 187 Å². The van der Waals surface area contributed by atoms with Crippen LogP contribution in [-0.2, 0) is 0 Å². The summed E-state index contributed by atoms with van der Waals surface area (Å²) in [5, 5.41) is 9.55. The summed E-state index contributed by atoms with van der Waals surface area (Å²) in [7, 11) is 1.92. The van der Waals surface area contributed by atoms with Crippen LogP contribution in [0.1, 0.15) is 43.2 Å². The van der Waals surface area contributed by atoms with E-state index in [9.17, 15) is 9.18 Å². The van der Waals surface area contributed by atoms with Gasteiger partial charge in [0.05, 0.1) is 18.1 Å². The normalized spacial score (nSPS) is 20.5. The van der Waals surface area contributed by atoms with Gasteiger partial charge < -0.3 is 25.8 Å². The first kappa shape index (κ1) is 22.0. The average molecular weight is 440 g/mol. The van der Waals surface area contributed by atoms with Gasteiger partial charge in [-0.15, -0.1) is 0 Å². The highest BCUT2D eigenvalue weighted by Crippen LogP contribution is 2.28. The Kier molecular flexibility index (Phi) is 6.27. The minimum atomic E-state index is -0.477. The van der Waals surface area contributed by atoms with E-state index in [1.165, 1.54) is 6.20 Å². The molecule has 1 aromatic carbocycles. The Morgan fingerprint density at radius 2 is 2.03 bits per heavy atom. The first-order valence-electron chi connectivity index (χ1n) is 11.0. The van der Waals surface area contributed by atoms with Gasteiger partial charge in [-0.05, 0) is 58.5 Å². The zero-order chi connectivity index (χ0) is 22.8. The van der Waals surface area contributed by atoms with Gasteiger partial charge in [0.1, 0.15) is 5.69 Å². The fourth-order valence-electron chi connectivity index (χ4n) is 4.27. The highest BCUT2D eigenvalue weighted by molar-refractivity contribution is 5.94. The van der Waals surface area contributed by atoms with E-state index in [4.69, 9.17) is 0 Å². The van der Waals surface area contributed by atoms with Crippen LogP contribution in [0, 0.1) is 5.82 Å². The van der Waals surface area contributed by atoms with Crippen LogP contribution in [0.15, 0.2) is 36.7 Å². The summed E-state index contributed by atoms with van der Waals surface area (Å²) < 4.78 is 14.6. The topological polar surface area (TPSA) is 85.4 Å². The van der Waals surface area contributed by atoms with Crippen molar-refractivity contribution in [1.29, 1.82) is 0 Å². The van der Waals surface area contributed by atoms with Gasteiger partial charge in [-0.2, -0.15) is 0 Å². The van der Waals surface area contributed by atoms with E-state index in [0.717, 1.165) is 25.2 Å². The average Bonchev–Trinajstić information content (AvgIpc) is 3.42. The smallest absolute Gasteiger partial charge is 0.253 e. The van der Waals surface area contributed by atoms with Crippen molar-refractivity contribution in [3.8, 4) is 0 Å². The summed E-state index contributed by atoms with van der Waals surface area (Å²) in [4.78, 5) is 25.2. The first-order valence-corrected chi connectivity index (χ1v) is 11.0. The van der Waals surface area contributed by atoms with Crippen molar-refractivity contribution in [2.75, 3.05) is 25.5 Å². The van der Waals surface area contributed by atoms with Crippen LogP contribution in [0.3, 0.4) is 0 Å². The van der Waals surface area contributed by atoms with Crippen molar-refractivity contribution in [1.82, 2.24) is 30.4 Å². The lowest BCUT2D eigenvalue weighted by Gasteiger charge is -2.30. The molecule has 0 aliphatic carbocycles. The molecule has 0 radical (unpaired) electrons. The molecule has 170 valence electrons. The number of hydrogen-bond acceptors (Lipinski definition) is 7. The molecular weight excluding hydrogens is 409 g/mol. The van der Waals surface area contributed by atoms with Gasteiger partial charge >= 0.3 is 0 Å². The van der Waals surface area contributed by atoms with Crippen LogP contribution in [0.2, 0.25) is 0 Å². The predicted molar refractivity (Wildman–Crippen MR) is 123 cm³/mol. The molecule has 0 saturated carbocycles. The summed E-state index contributed by atoms with van der Waals surface area (Å²) in [6.45, 7) is 7.61. The number of hydrogen-bond donors (Lipinski definition) is 3. The van der Waals surface area contributed by atoms with E-state index < -0.39 is 5.82 Å². The molecule has 1 amide bonds. The number of rotatable bonds is 6. The zero-order valence-corrected chi connectivity index (χ0v) is 18.9. The highest BCUT2D eigenvalue weighted by atomic mass is 19.1. The molecule has 8 nitrogen and oxygen atoms in total. The number of carbonyl (C=O) groups excluding carboxylic acids is 1. The van der Waals surface area contributed by atoms with E-state index in [-0.39, 0.29) is 23.8 Å². The van der Waals surface area contributed by atoms with Crippen molar-refractivity contribution >= 4 is 23.2 Å². The molecule has 0 spiro atoms. The third-order valence-corrected chi connectivity index (χ3v) is 5.97. The molecule has 2 aromatic rings. The largest absolute Gasteiger partial charge is 0.370 e. The van der Waals surface area contributed by atoms with Crippen LogP contribution in [-0.4, -0.2) is 64.1 Å². The third kappa shape index (κ3) is 4.38. The van der Waals surface area contributed by atoms with Gasteiger partial charge in [0.25, 0.3) is 5.91 Å². The van der Waals surface area contributed by atoms with Gasteiger partial charge in [-0.25, -0.2) is 14.4 Å². The Balaban J connectivity index is 1.48. The molecule has 0 bridgehead atoms. The van der Waals surface area contributed by atoms with Crippen molar-refractivity contribution in [3.63, 3.8) is 0 Å². The monoisotopic (exact) mass is 439 g/mol. The zero-order valence-electron chi connectivity index (χ0n) is 18.9. The highest BCUT2D eigenvalue weighted by Gasteiger charge is 2.29. The number of likely N-dealkylation sites (N-methyl/N-ethyl adjacent to an activating group) is 1. The maximum atomic E-state index is 14.6. The molecule has 1 aromatic heterocycles. The molecule has 1 fully saturated rings. The van der Waals surface area contributed by atoms with E-state index in [1.807, 2.05) is 31.0 Å². The van der Waals surface area contributed by atoms with E-state index in [1.54, 1.807) is 18.3 Å². The SMILES string of the molecule is CN[C@H]1CCN(C(=O)c2ccc(Nc3ncc(F)c(C4=CNC(C)N4C(C)C)n3)cc2)C1. The fourth-order valence-corrected chi connectivity index (χ4v) is 4.27. The molecule has 3 heterocycles. The fraction of sp³-hybridized carbons (Fsp3) is 0.435. The second-order valence-corrected chi connectivity index (χ2v) is 8.49. The number of anilines is 2. The Hall–Kier alpha value is -3.20. The molecule has 32 heavy (non-hydrogen) atoms. The first-order chi connectivity index (χ1) is 15.4. The van der Waals surface area contributed by atoms with Crippen LogP contribution in [0.25, 0.3) is 5.70 Å². The Bertz CT molecular complexity index is 1010. The number of nitrogens with one attached hydrogen (secondary N) is 3.